The van der Waals surface area contributed by atoms with Gasteiger partial charge in [0.2, 0.25) is 0 Å². The van der Waals surface area contributed by atoms with E-state index < -0.39 is 6.10 Å². The zero-order valence-electron chi connectivity index (χ0n) is 18.9. The number of rotatable bonds is 5. The predicted octanol–water partition coefficient (Wildman–Crippen LogP) is 2.99. The molecule has 1 saturated carbocycles. The highest BCUT2D eigenvalue weighted by atomic mass is 16.3. The van der Waals surface area contributed by atoms with E-state index in [0.717, 1.165) is 59.2 Å². The topological polar surface area (TPSA) is 97.9 Å². The highest BCUT2D eigenvalue weighted by molar-refractivity contribution is 5.95. The standard InChI is InChI=1S/C25H28N6O2/c1-30-11-9-18-17(13-16-7-8-19(26-15-16)20-10-12-31(2)29-20)14-22(27-24(18)30)25(33)28-21-5-3-4-6-23(21)32/h7-12,14-15,21,23,32H,3-6,13H2,1-2H3,(H,28,33)/t21-,23-/m0/s1. The van der Waals surface area contributed by atoms with Gasteiger partial charge < -0.3 is 15.0 Å². The maximum Gasteiger partial charge on any atom is 0.270 e. The normalized spacial score (nSPS) is 18.5. The van der Waals surface area contributed by atoms with E-state index in [9.17, 15) is 9.90 Å². The molecular weight excluding hydrogens is 416 g/mol. The average molecular weight is 445 g/mol. The van der Waals surface area contributed by atoms with Crippen LogP contribution in [0.1, 0.15) is 47.3 Å². The van der Waals surface area contributed by atoms with E-state index in [-0.39, 0.29) is 11.9 Å². The van der Waals surface area contributed by atoms with E-state index in [0.29, 0.717) is 12.1 Å². The number of hydrogen-bond acceptors (Lipinski definition) is 5. The molecule has 33 heavy (non-hydrogen) atoms. The summed E-state index contributed by atoms with van der Waals surface area (Å²) < 4.78 is 3.68. The van der Waals surface area contributed by atoms with Crippen molar-refractivity contribution in [2.75, 3.05) is 0 Å². The number of amides is 1. The molecule has 2 N–H and O–H groups in total. The minimum atomic E-state index is -0.496. The fraction of sp³-hybridized carbons (Fsp3) is 0.360. The largest absolute Gasteiger partial charge is 0.391 e. The van der Waals surface area contributed by atoms with Crippen LogP contribution in [0.25, 0.3) is 22.4 Å². The Morgan fingerprint density at radius 3 is 2.70 bits per heavy atom. The Kier molecular flexibility index (Phi) is 5.68. The van der Waals surface area contributed by atoms with Crippen LogP contribution >= 0.6 is 0 Å². The summed E-state index contributed by atoms with van der Waals surface area (Å²) in [6.45, 7) is 0. The molecule has 4 heterocycles. The molecule has 0 aliphatic heterocycles. The number of aliphatic hydroxyl groups excluding tert-OH is 1. The van der Waals surface area contributed by atoms with Crippen molar-refractivity contribution in [2.45, 2.75) is 44.2 Å². The van der Waals surface area contributed by atoms with Crippen LogP contribution in [0.4, 0.5) is 0 Å². The Balaban J connectivity index is 1.42. The molecule has 0 bridgehead atoms. The summed E-state index contributed by atoms with van der Waals surface area (Å²) in [5.74, 6) is -0.242. The molecule has 8 nitrogen and oxygen atoms in total. The highest BCUT2D eigenvalue weighted by Gasteiger charge is 2.26. The second-order valence-corrected chi connectivity index (χ2v) is 8.87. The lowest BCUT2D eigenvalue weighted by molar-refractivity contribution is 0.0714. The molecule has 8 heteroatoms. The van der Waals surface area contributed by atoms with Gasteiger partial charge >= 0.3 is 0 Å². The lowest BCUT2D eigenvalue weighted by Crippen LogP contribution is -2.45. The number of aromatic nitrogens is 5. The Hall–Kier alpha value is -3.52. The summed E-state index contributed by atoms with van der Waals surface area (Å²) in [4.78, 5) is 22.2. The van der Waals surface area contributed by atoms with Gasteiger partial charge in [-0.3, -0.25) is 14.5 Å². The van der Waals surface area contributed by atoms with Gasteiger partial charge in [-0.05, 0) is 54.7 Å². The number of nitrogens with zero attached hydrogens (tertiary/aromatic N) is 5. The molecule has 0 aromatic carbocycles. The summed E-state index contributed by atoms with van der Waals surface area (Å²) in [6, 6.07) is 9.62. The van der Waals surface area contributed by atoms with Crippen LogP contribution < -0.4 is 5.32 Å². The quantitative estimate of drug-likeness (QED) is 0.493. The molecule has 4 aromatic rings. The van der Waals surface area contributed by atoms with Gasteiger partial charge in [0.05, 0.1) is 17.8 Å². The molecule has 0 unspecified atom stereocenters. The Bertz CT molecular complexity index is 1290. The molecule has 5 rings (SSSR count). The van der Waals surface area contributed by atoms with Crippen LogP contribution in [0.2, 0.25) is 0 Å². The fourth-order valence-electron chi connectivity index (χ4n) is 4.54. The van der Waals surface area contributed by atoms with E-state index in [1.54, 1.807) is 4.68 Å². The predicted molar refractivity (Wildman–Crippen MR) is 126 cm³/mol. The van der Waals surface area contributed by atoms with Gasteiger partial charge in [-0.25, -0.2) is 4.98 Å². The highest BCUT2D eigenvalue weighted by Crippen LogP contribution is 2.24. The van der Waals surface area contributed by atoms with E-state index in [1.165, 1.54) is 0 Å². The van der Waals surface area contributed by atoms with Crippen molar-refractivity contribution in [1.82, 2.24) is 29.6 Å². The first-order valence-electron chi connectivity index (χ1n) is 11.4. The third-order valence-corrected chi connectivity index (χ3v) is 6.40. The summed E-state index contributed by atoms with van der Waals surface area (Å²) in [6.07, 6.45) is 9.37. The second-order valence-electron chi connectivity index (χ2n) is 8.87. The smallest absolute Gasteiger partial charge is 0.270 e. The van der Waals surface area contributed by atoms with Crippen LogP contribution in [0, 0.1) is 0 Å². The maximum absolute atomic E-state index is 13.0. The van der Waals surface area contributed by atoms with Crippen molar-refractivity contribution in [1.29, 1.82) is 0 Å². The van der Waals surface area contributed by atoms with Crippen LogP contribution in [-0.2, 0) is 20.5 Å². The maximum atomic E-state index is 13.0. The third kappa shape index (κ3) is 4.39. The van der Waals surface area contributed by atoms with Crippen LogP contribution in [-0.4, -0.2) is 47.5 Å². The van der Waals surface area contributed by atoms with Gasteiger partial charge in [-0.1, -0.05) is 18.9 Å². The fourth-order valence-corrected chi connectivity index (χ4v) is 4.54. The van der Waals surface area contributed by atoms with Crippen molar-refractivity contribution in [2.24, 2.45) is 14.1 Å². The summed E-state index contributed by atoms with van der Waals surface area (Å²) in [5, 5.41) is 18.7. The third-order valence-electron chi connectivity index (χ3n) is 6.40. The van der Waals surface area contributed by atoms with Crippen LogP contribution in [0.3, 0.4) is 0 Å². The number of fused-ring (bicyclic) bond motifs is 1. The van der Waals surface area contributed by atoms with Gasteiger partial charge in [-0.2, -0.15) is 5.10 Å². The Morgan fingerprint density at radius 1 is 1.12 bits per heavy atom. The van der Waals surface area contributed by atoms with Gasteiger partial charge in [0, 0.05) is 38.1 Å². The van der Waals surface area contributed by atoms with Gasteiger partial charge in [0.1, 0.15) is 17.0 Å². The van der Waals surface area contributed by atoms with Crippen molar-refractivity contribution in [3.63, 3.8) is 0 Å². The molecule has 1 aliphatic carbocycles. The van der Waals surface area contributed by atoms with E-state index in [2.05, 4.69) is 20.4 Å². The number of aliphatic hydroxyl groups is 1. The number of nitrogens with one attached hydrogen (secondary N) is 1. The first-order valence-corrected chi connectivity index (χ1v) is 11.4. The molecule has 1 aliphatic rings. The minimum absolute atomic E-state index is 0.219. The van der Waals surface area contributed by atoms with Crippen molar-refractivity contribution < 1.29 is 9.90 Å². The molecule has 4 aromatic heterocycles. The SMILES string of the molecule is Cn1ccc(-c2ccc(Cc3cc(C(=O)N[C@H]4CCCC[C@@H]4O)nc4c3ccn4C)cn2)n1. The number of aryl methyl sites for hydroxylation is 2. The van der Waals surface area contributed by atoms with Gasteiger partial charge in [0.25, 0.3) is 5.91 Å². The second kappa shape index (κ2) is 8.78. The van der Waals surface area contributed by atoms with E-state index in [4.69, 9.17) is 0 Å². The average Bonchev–Trinajstić information content (AvgIpc) is 3.42. The van der Waals surface area contributed by atoms with Crippen molar-refractivity contribution in [3.05, 3.63) is 65.7 Å². The molecule has 0 radical (unpaired) electrons. The first-order chi connectivity index (χ1) is 16.0. The summed E-state index contributed by atoms with van der Waals surface area (Å²) in [7, 11) is 3.81. The van der Waals surface area contributed by atoms with Crippen molar-refractivity contribution >= 4 is 16.9 Å². The van der Waals surface area contributed by atoms with Crippen LogP contribution in [0.5, 0.6) is 0 Å². The zero-order chi connectivity index (χ0) is 22.9. The zero-order valence-corrected chi connectivity index (χ0v) is 18.9. The molecule has 0 saturated heterocycles. The number of pyridine rings is 2. The molecule has 170 valence electrons. The molecule has 0 spiro atoms. The molecular formula is C25H28N6O2. The number of carbonyl (C=O) groups is 1. The minimum Gasteiger partial charge on any atom is -0.391 e. The van der Waals surface area contributed by atoms with Gasteiger partial charge in [0.15, 0.2) is 0 Å². The monoisotopic (exact) mass is 444 g/mol. The first kappa shape index (κ1) is 21.3. The van der Waals surface area contributed by atoms with Crippen molar-refractivity contribution in [3.8, 4) is 11.4 Å². The Labute approximate surface area is 192 Å². The van der Waals surface area contributed by atoms with Gasteiger partial charge in [-0.15, -0.1) is 0 Å². The lowest BCUT2D eigenvalue weighted by atomic mass is 9.92. The molecule has 1 amide bonds. The Morgan fingerprint density at radius 2 is 1.97 bits per heavy atom. The summed E-state index contributed by atoms with van der Waals surface area (Å²) in [5.41, 5.74) is 4.85. The van der Waals surface area contributed by atoms with E-state index >= 15 is 0 Å². The lowest BCUT2D eigenvalue weighted by Gasteiger charge is -2.28. The number of carbonyl (C=O) groups excluding carboxylic acids is 1. The van der Waals surface area contributed by atoms with E-state index in [1.807, 2.05) is 67.6 Å². The molecule has 2 atom stereocenters. The number of hydrogen-bond donors (Lipinski definition) is 2. The summed E-state index contributed by atoms with van der Waals surface area (Å²) >= 11 is 0. The van der Waals surface area contributed by atoms with Crippen LogP contribution in [0.15, 0.2) is 48.9 Å². The molecule has 1 fully saturated rings.